The zero-order chi connectivity index (χ0) is 20.3. The molecule has 7 nitrogen and oxygen atoms in total. The molecular formula is C20H26N4O3S. The molecule has 8 heteroatoms. The van der Waals surface area contributed by atoms with Crippen molar-refractivity contribution in [2.24, 2.45) is 7.05 Å². The molecule has 0 aliphatic carbocycles. The average molecular weight is 403 g/mol. The second-order valence-corrected chi connectivity index (χ2v) is 8.13. The van der Waals surface area contributed by atoms with Crippen molar-refractivity contribution in [1.29, 1.82) is 0 Å². The van der Waals surface area contributed by atoms with Crippen LogP contribution >= 0.6 is 11.8 Å². The molecular weight excluding hydrogens is 376 g/mol. The highest BCUT2D eigenvalue weighted by atomic mass is 32.2. The van der Waals surface area contributed by atoms with Crippen LogP contribution in [-0.4, -0.2) is 58.9 Å². The molecule has 0 bridgehead atoms. The number of para-hydroxylation sites is 2. The first kappa shape index (κ1) is 20.3. The molecule has 0 spiro atoms. The number of ether oxygens (including phenoxy) is 1. The predicted octanol–water partition coefficient (Wildman–Crippen LogP) is 1.93. The van der Waals surface area contributed by atoms with Gasteiger partial charge in [0.25, 0.3) is 5.56 Å². The van der Waals surface area contributed by atoms with Gasteiger partial charge in [0.05, 0.1) is 18.0 Å². The Labute approximate surface area is 169 Å². The van der Waals surface area contributed by atoms with Crippen LogP contribution in [0.25, 0.3) is 0 Å². The van der Waals surface area contributed by atoms with Crippen molar-refractivity contribution >= 4 is 23.4 Å². The first-order valence-electron chi connectivity index (χ1n) is 9.28. The quantitative estimate of drug-likeness (QED) is 0.562. The molecule has 28 heavy (non-hydrogen) atoms. The van der Waals surface area contributed by atoms with Crippen LogP contribution in [0.15, 0.2) is 40.3 Å². The molecule has 0 N–H and O–H groups in total. The third-order valence-corrected chi connectivity index (χ3v) is 6.00. The number of aryl methyl sites for hydroxylation is 1. The molecule has 3 rings (SSSR count). The molecule has 1 aliphatic heterocycles. The summed E-state index contributed by atoms with van der Waals surface area (Å²) in [7, 11) is 3.35. The van der Waals surface area contributed by atoms with Gasteiger partial charge >= 0.3 is 0 Å². The molecule has 150 valence electrons. The number of carbonyl (C=O) groups excluding carboxylic acids is 1. The van der Waals surface area contributed by atoms with Crippen LogP contribution in [0.4, 0.5) is 5.69 Å². The van der Waals surface area contributed by atoms with E-state index in [4.69, 9.17) is 4.74 Å². The fourth-order valence-electron chi connectivity index (χ4n) is 3.26. The number of thioether (sulfide) groups is 1. The average Bonchev–Trinajstić information content (AvgIpc) is 2.71. The Kier molecular flexibility index (Phi) is 6.28. The lowest BCUT2D eigenvalue weighted by molar-refractivity contribution is -0.130. The number of hydrogen-bond acceptors (Lipinski definition) is 6. The molecule has 1 aromatic carbocycles. The zero-order valence-corrected chi connectivity index (χ0v) is 17.5. The third-order valence-electron chi connectivity index (χ3n) is 4.87. The maximum absolute atomic E-state index is 12.9. The molecule has 1 atom stereocenters. The number of benzene rings is 1. The molecule has 1 fully saturated rings. The van der Waals surface area contributed by atoms with E-state index in [9.17, 15) is 9.59 Å². The van der Waals surface area contributed by atoms with Crippen molar-refractivity contribution in [1.82, 2.24) is 14.5 Å². The van der Waals surface area contributed by atoms with E-state index in [0.717, 1.165) is 24.5 Å². The summed E-state index contributed by atoms with van der Waals surface area (Å²) in [5, 5.41) is 0.260. The van der Waals surface area contributed by atoms with Crippen LogP contribution in [0.1, 0.15) is 12.6 Å². The number of anilines is 1. The fraction of sp³-hybridized carbons (Fsp3) is 0.450. The molecule has 1 aromatic heterocycles. The first-order valence-corrected chi connectivity index (χ1v) is 10.2. The topological polar surface area (TPSA) is 67.7 Å². The summed E-state index contributed by atoms with van der Waals surface area (Å²) in [6, 6.07) is 9.43. The number of methoxy groups -OCH3 is 1. The van der Waals surface area contributed by atoms with E-state index in [1.54, 1.807) is 21.1 Å². The molecule has 2 aromatic rings. The number of hydrogen-bond donors (Lipinski definition) is 0. The number of carbonyl (C=O) groups is 1. The van der Waals surface area contributed by atoms with Gasteiger partial charge in [-0.2, -0.15) is 0 Å². The van der Waals surface area contributed by atoms with E-state index in [-0.39, 0.29) is 16.7 Å². The lowest BCUT2D eigenvalue weighted by Gasteiger charge is -2.37. The Bertz CT molecular complexity index is 907. The Morgan fingerprint density at radius 1 is 1.21 bits per heavy atom. The summed E-state index contributed by atoms with van der Waals surface area (Å²) in [4.78, 5) is 33.4. The summed E-state index contributed by atoms with van der Waals surface area (Å²) in [5.74, 6) is 0.915. The van der Waals surface area contributed by atoms with E-state index in [1.165, 1.54) is 22.4 Å². The number of piperazine rings is 1. The predicted molar refractivity (Wildman–Crippen MR) is 111 cm³/mol. The Hall–Kier alpha value is -2.48. The molecule has 1 saturated heterocycles. The highest BCUT2D eigenvalue weighted by molar-refractivity contribution is 8.00. The normalized spacial score (nSPS) is 15.4. The maximum Gasteiger partial charge on any atom is 0.254 e. The van der Waals surface area contributed by atoms with Gasteiger partial charge in [0, 0.05) is 45.0 Å². The summed E-state index contributed by atoms with van der Waals surface area (Å²) in [6.45, 7) is 6.47. The van der Waals surface area contributed by atoms with Crippen molar-refractivity contribution in [2.45, 2.75) is 24.3 Å². The van der Waals surface area contributed by atoms with Crippen LogP contribution in [0.2, 0.25) is 0 Å². The van der Waals surface area contributed by atoms with E-state index in [0.29, 0.717) is 23.9 Å². The molecule has 0 saturated carbocycles. The second kappa shape index (κ2) is 8.68. The van der Waals surface area contributed by atoms with E-state index in [1.807, 2.05) is 36.1 Å². The van der Waals surface area contributed by atoms with Crippen LogP contribution in [-0.2, 0) is 11.8 Å². The van der Waals surface area contributed by atoms with Gasteiger partial charge in [-0.1, -0.05) is 23.9 Å². The van der Waals surface area contributed by atoms with Crippen LogP contribution < -0.4 is 15.2 Å². The van der Waals surface area contributed by atoms with Gasteiger partial charge in [0.2, 0.25) is 5.91 Å². The minimum Gasteiger partial charge on any atom is -0.495 e. The van der Waals surface area contributed by atoms with Gasteiger partial charge < -0.3 is 14.5 Å². The third kappa shape index (κ3) is 4.32. The fourth-order valence-corrected chi connectivity index (χ4v) is 4.27. The van der Waals surface area contributed by atoms with Crippen molar-refractivity contribution in [3.63, 3.8) is 0 Å². The van der Waals surface area contributed by atoms with Gasteiger partial charge in [-0.3, -0.25) is 14.2 Å². The minimum atomic E-state index is -0.308. The largest absolute Gasteiger partial charge is 0.495 e. The standard InChI is InChI=1S/C20H26N4O3S/c1-14-13-18(25)22(3)20(21-14)28-15(2)19(26)24-11-9-23(10-12-24)16-7-5-6-8-17(16)27-4/h5-8,13,15H,9-12H2,1-4H3. The number of nitrogens with zero attached hydrogens (tertiary/aromatic N) is 4. The van der Waals surface area contributed by atoms with Crippen molar-refractivity contribution in [3.05, 3.63) is 46.4 Å². The summed E-state index contributed by atoms with van der Waals surface area (Å²) in [5.41, 5.74) is 1.61. The van der Waals surface area contributed by atoms with Crippen LogP contribution in [0.3, 0.4) is 0 Å². The van der Waals surface area contributed by atoms with Crippen LogP contribution in [0.5, 0.6) is 5.75 Å². The summed E-state index contributed by atoms with van der Waals surface area (Å²) in [6.07, 6.45) is 0. The SMILES string of the molecule is COc1ccccc1N1CCN(C(=O)C(C)Sc2nc(C)cc(=O)n2C)CC1. The van der Waals surface area contributed by atoms with E-state index in [2.05, 4.69) is 9.88 Å². The van der Waals surface area contributed by atoms with Crippen molar-refractivity contribution in [2.75, 3.05) is 38.2 Å². The molecule has 0 radical (unpaired) electrons. The van der Waals surface area contributed by atoms with Crippen molar-refractivity contribution in [3.8, 4) is 5.75 Å². The summed E-state index contributed by atoms with van der Waals surface area (Å²) >= 11 is 1.33. The first-order chi connectivity index (χ1) is 13.4. The van der Waals surface area contributed by atoms with Gasteiger partial charge in [-0.15, -0.1) is 0 Å². The Morgan fingerprint density at radius 3 is 2.57 bits per heavy atom. The number of aromatic nitrogens is 2. The zero-order valence-electron chi connectivity index (χ0n) is 16.7. The lowest BCUT2D eigenvalue weighted by atomic mass is 10.2. The van der Waals surface area contributed by atoms with Crippen LogP contribution in [0, 0.1) is 6.92 Å². The van der Waals surface area contributed by atoms with E-state index < -0.39 is 0 Å². The lowest BCUT2D eigenvalue weighted by Crippen LogP contribution is -2.50. The highest BCUT2D eigenvalue weighted by Gasteiger charge is 2.27. The minimum absolute atomic E-state index is 0.0698. The molecule has 2 heterocycles. The van der Waals surface area contributed by atoms with Gasteiger partial charge in [0.1, 0.15) is 5.75 Å². The monoisotopic (exact) mass is 402 g/mol. The highest BCUT2D eigenvalue weighted by Crippen LogP contribution is 2.29. The molecule has 1 unspecified atom stereocenters. The Morgan fingerprint density at radius 2 is 1.89 bits per heavy atom. The number of amides is 1. The Balaban J connectivity index is 1.63. The van der Waals surface area contributed by atoms with E-state index >= 15 is 0 Å². The van der Waals surface area contributed by atoms with Crippen molar-refractivity contribution < 1.29 is 9.53 Å². The van der Waals surface area contributed by atoms with Gasteiger partial charge in [0.15, 0.2) is 5.16 Å². The number of rotatable bonds is 5. The smallest absolute Gasteiger partial charge is 0.254 e. The summed E-state index contributed by atoms with van der Waals surface area (Å²) < 4.78 is 6.93. The second-order valence-electron chi connectivity index (χ2n) is 6.82. The molecule has 1 aliphatic rings. The van der Waals surface area contributed by atoms with Gasteiger partial charge in [-0.05, 0) is 26.0 Å². The van der Waals surface area contributed by atoms with Gasteiger partial charge in [-0.25, -0.2) is 4.98 Å². The maximum atomic E-state index is 12.9. The molecule has 1 amide bonds.